The normalized spacial score (nSPS) is 12.7. The number of ether oxygens (including phenoxy) is 1. The summed E-state index contributed by atoms with van der Waals surface area (Å²) in [4.78, 5) is 16.6. The molecule has 0 fully saturated rings. The Hall–Kier alpha value is -3.13. The van der Waals surface area contributed by atoms with Gasteiger partial charge < -0.3 is 10.1 Å². The summed E-state index contributed by atoms with van der Waals surface area (Å²) in [5, 5.41) is 5.59. The van der Waals surface area contributed by atoms with Crippen molar-refractivity contribution in [2.45, 2.75) is 32.7 Å². The summed E-state index contributed by atoms with van der Waals surface area (Å²) in [6.45, 7) is 3.92. The maximum absolute atomic E-state index is 12.9. The van der Waals surface area contributed by atoms with Gasteiger partial charge in [-0.25, -0.2) is 4.98 Å². The number of hydrogen-bond donors (Lipinski definition) is 1. The van der Waals surface area contributed by atoms with Crippen LogP contribution in [-0.4, -0.2) is 10.9 Å². The molecule has 1 amide bonds. The van der Waals surface area contributed by atoms with E-state index in [1.54, 1.807) is 36.5 Å². The molecule has 2 aromatic carbocycles. The van der Waals surface area contributed by atoms with Crippen LogP contribution in [0.1, 0.15) is 40.4 Å². The van der Waals surface area contributed by atoms with Gasteiger partial charge >= 0.3 is 6.18 Å². The fourth-order valence-corrected chi connectivity index (χ4v) is 3.44. The first-order valence-corrected chi connectivity index (χ1v) is 10.4. The molecular formula is C23H21F3N2O2S. The third-order valence-corrected chi connectivity index (χ3v) is 5.23. The molecular weight excluding hydrogens is 425 g/mol. The first kappa shape index (κ1) is 22.6. The lowest BCUT2D eigenvalue weighted by Gasteiger charge is -2.15. The van der Waals surface area contributed by atoms with Crippen LogP contribution in [0.15, 0.2) is 60.0 Å². The maximum Gasteiger partial charge on any atom is 0.416 e. The number of benzene rings is 2. The molecule has 162 valence electrons. The standard InChI is InChI=1S/C23H21F3N2O2S/c1-15(18-6-4-7-19(12-18)23(24,25)26)27-22(29)10-9-17-5-3-8-21(11-17)30-13-20-14-31-16(2)28-20/h3-12,14-15H,13H2,1-2H3,(H,27,29). The third-order valence-electron chi connectivity index (χ3n) is 4.41. The van der Waals surface area contributed by atoms with Crippen molar-refractivity contribution in [1.29, 1.82) is 0 Å². The summed E-state index contributed by atoms with van der Waals surface area (Å²) >= 11 is 1.56. The Morgan fingerprint density at radius 1 is 1.23 bits per heavy atom. The average molecular weight is 446 g/mol. The van der Waals surface area contributed by atoms with Crippen LogP contribution in [0, 0.1) is 6.92 Å². The van der Waals surface area contributed by atoms with E-state index in [1.807, 2.05) is 30.5 Å². The predicted molar refractivity (Wildman–Crippen MR) is 115 cm³/mol. The Morgan fingerprint density at radius 3 is 2.71 bits per heavy atom. The zero-order valence-electron chi connectivity index (χ0n) is 16.9. The molecule has 0 radical (unpaired) electrons. The van der Waals surface area contributed by atoms with E-state index in [2.05, 4.69) is 10.3 Å². The van der Waals surface area contributed by atoms with Crippen LogP contribution in [0.5, 0.6) is 5.75 Å². The Balaban J connectivity index is 1.58. The fourth-order valence-electron chi connectivity index (χ4n) is 2.84. The lowest BCUT2D eigenvalue weighted by atomic mass is 10.0. The number of nitrogens with zero attached hydrogens (tertiary/aromatic N) is 1. The van der Waals surface area contributed by atoms with E-state index in [-0.39, 0.29) is 0 Å². The highest BCUT2D eigenvalue weighted by molar-refractivity contribution is 7.09. The van der Waals surface area contributed by atoms with Crippen LogP contribution in [0.4, 0.5) is 13.2 Å². The quantitative estimate of drug-likeness (QED) is 0.457. The molecule has 1 aromatic heterocycles. The summed E-state index contributed by atoms with van der Waals surface area (Å²) < 4.78 is 44.4. The smallest absolute Gasteiger partial charge is 0.416 e. The van der Waals surface area contributed by atoms with Crippen LogP contribution in [0.3, 0.4) is 0 Å². The molecule has 3 aromatic rings. The Morgan fingerprint density at radius 2 is 2.00 bits per heavy atom. The number of amides is 1. The lowest BCUT2D eigenvalue weighted by molar-refractivity contribution is -0.137. The number of alkyl halides is 3. The van der Waals surface area contributed by atoms with Gasteiger partial charge in [-0.1, -0.05) is 24.3 Å². The fraction of sp³-hybridized carbons (Fsp3) is 0.217. The van der Waals surface area contributed by atoms with E-state index < -0.39 is 23.7 Å². The van der Waals surface area contributed by atoms with Crippen molar-refractivity contribution in [3.8, 4) is 5.75 Å². The number of aryl methyl sites for hydroxylation is 1. The topological polar surface area (TPSA) is 51.2 Å². The van der Waals surface area contributed by atoms with E-state index >= 15 is 0 Å². The first-order chi connectivity index (χ1) is 14.7. The maximum atomic E-state index is 12.9. The molecule has 0 bridgehead atoms. The van der Waals surface area contributed by atoms with Crippen LogP contribution in [-0.2, 0) is 17.6 Å². The van der Waals surface area contributed by atoms with Crippen LogP contribution < -0.4 is 10.1 Å². The summed E-state index contributed by atoms with van der Waals surface area (Å²) in [5.74, 6) is 0.236. The third kappa shape index (κ3) is 6.68. The van der Waals surface area contributed by atoms with Crippen molar-refractivity contribution in [3.05, 3.63) is 87.4 Å². The summed E-state index contributed by atoms with van der Waals surface area (Å²) in [6, 6.07) is 11.6. The molecule has 1 atom stereocenters. The highest BCUT2D eigenvalue weighted by Gasteiger charge is 2.30. The molecule has 0 saturated carbocycles. The average Bonchev–Trinajstić information content (AvgIpc) is 3.16. The number of thiazole rings is 1. The number of aromatic nitrogens is 1. The van der Waals surface area contributed by atoms with Gasteiger partial charge in [-0.2, -0.15) is 13.2 Å². The van der Waals surface area contributed by atoms with Gasteiger partial charge in [0.2, 0.25) is 5.91 Å². The van der Waals surface area contributed by atoms with Crippen molar-refractivity contribution in [1.82, 2.24) is 10.3 Å². The second-order valence-electron chi connectivity index (χ2n) is 6.91. The number of carbonyl (C=O) groups is 1. The number of carbonyl (C=O) groups excluding carboxylic acids is 1. The van der Waals surface area contributed by atoms with Gasteiger partial charge in [-0.05, 0) is 55.3 Å². The molecule has 1 N–H and O–H groups in total. The molecule has 3 rings (SSSR count). The Bertz CT molecular complexity index is 1080. The van der Waals surface area contributed by atoms with Gasteiger partial charge in [0.15, 0.2) is 0 Å². The van der Waals surface area contributed by atoms with Crippen LogP contribution >= 0.6 is 11.3 Å². The lowest BCUT2D eigenvalue weighted by Crippen LogP contribution is -2.24. The van der Waals surface area contributed by atoms with Gasteiger partial charge in [0.05, 0.1) is 22.3 Å². The minimum Gasteiger partial charge on any atom is -0.487 e. The molecule has 0 saturated heterocycles. The highest BCUT2D eigenvalue weighted by atomic mass is 32.1. The van der Waals surface area contributed by atoms with Crippen molar-refractivity contribution in [3.63, 3.8) is 0 Å². The molecule has 0 aliphatic rings. The molecule has 0 spiro atoms. The van der Waals surface area contributed by atoms with Gasteiger partial charge in [0, 0.05) is 11.5 Å². The van der Waals surface area contributed by atoms with E-state index in [4.69, 9.17) is 4.74 Å². The van der Waals surface area contributed by atoms with Crippen molar-refractivity contribution in [2.75, 3.05) is 0 Å². The van der Waals surface area contributed by atoms with Gasteiger partial charge in [-0.15, -0.1) is 11.3 Å². The van der Waals surface area contributed by atoms with E-state index in [0.717, 1.165) is 28.4 Å². The zero-order valence-corrected chi connectivity index (χ0v) is 17.8. The van der Waals surface area contributed by atoms with Gasteiger partial charge in [-0.3, -0.25) is 4.79 Å². The molecule has 4 nitrogen and oxygen atoms in total. The van der Waals surface area contributed by atoms with Gasteiger partial charge in [0.25, 0.3) is 0 Å². The Kier molecular flexibility index (Phi) is 7.12. The van der Waals surface area contributed by atoms with Gasteiger partial charge in [0.1, 0.15) is 12.4 Å². The molecule has 8 heteroatoms. The minimum atomic E-state index is -4.43. The van der Waals surface area contributed by atoms with Crippen LogP contribution in [0.25, 0.3) is 6.08 Å². The number of hydrogen-bond acceptors (Lipinski definition) is 4. The highest BCUT2D eigenvalue weighted by Crippen LogP contribution is 2.30. The van der Waals surface area contributed by atoms with E-state index in [1.165, 1.54) is 12.1 Å². The second kappa shape index (κ2) is 9.78. The van der Waals surface area contributed by atoms with Crippen LogP contribution in [0.2, 0.25) is 0 Å². The summed E-state index contributed by atoms with van der Waals surface area (Å²) in [6.07, 6.45) is -1.47. The molecule has 31 heavy (non-hydrogen) atoms. The minimum absolute atomic E-state index is 0.354. The Labute approximate surface area is 182 Å². The predicted octanol–water partition coefficient (Wildman–Crippen LogP) is 5.94. The largest absolute Gasteiger partial charge is 0.487 e. The van der Waals surface area contributed by atoms with Crippen molar-refractivity contribution < 1.29 is 22.7 Å². The molecule has 1 unspecified atom stereocenters. The zero-order chi connectivity index (χ0) is 22.4. The van der Waals surface area contributed by atoms with E-state index in [0.29, 0.717) is 17.9 Å². The number of nitrogens with one attached hydrogen (secondary N) is 1. The monoisotopic (exact) mass is 446 g/mol. The summed E-state index contributed by atoms with van der Waals surface area (Å²) in [7, 11) is 0. The number of halogens is 3. The SMILES string of the molecule is Cc1nc(COc2cccc(C=CC(=O)NC(C)c3cccc(C(F)(F)F)c3)c2)cs1. The second-order valence-corrected chi connectivity index (χ2v) is 7.97. The first-order valence-electron chi connectivity index (χ1n) is 9.50. The molecule has 1 heterocycles. The molecule has 0 aliphatic carbocycles. The molecule has 0 aliphatic heterocycles. The van der Waals surface area contributed by atoms with E-state index in [9.17, 15) is 18.0 Å². The van der Waals surface area contributed by atoms with Crippen molar-refractivity contribution in [2.24, 2.45) is 0 Å². The van der Waals surface area contributed by atoms with Crippen molar-refractivity contribution >= 4 is 23.3 Å². The summed E-state index contributed by atoms with van der Waals surface area (Å²) in [5.41, 5.74) is 1.25. The number of rotatable bonds is 7.